The lowest BCUT2D eigenvalue weighted by Crippen LogP contribution is -2.51. The predicted octanol–water partition coefficient (Wildman–Crippen LogP) is 3.00. The summed E-state index contributed by atoms with van der Waals surface area (Å²) in [5, 5.41) is 3.60. The molecule has 0 bridgehead atoms. The minimum atomic E-state index is -3.78. The van der Waals surface area contributed by atoms with Gasteiger partial charge in [-0.3, -0.25) is 9.52 Å². The molecule has 0 aromatic heterocycles. The first kappa shape index (κ1) is 21.5. The van der Waals surface area contributed by atoms with Gasteiger partial charge in [0.15, 0.2) is 0 Å². The molecule has 9 heteroatoms. The molecule has 2 aromatic carbocycles. The number of halogens is 2. The Labute approximate surface area is 170 Å². The van der Waals surface area contributed by atoms with E-state index in [1.54, 1.807) is 29.2 Å². The van der Waals surface area contributed by atoms with Crippen molar-refractivity contribution in [3.05, 3.63) is 59.1 Å². The molecule has 2 N–H and O–H groups in total. The molecular formula is C18H21Cl2N3O3S. The zero-order valence-electron chi connectivity index (χ0n) is 14.7. The van der Waals surface area contributed by atoms with E-state index in [0.29, 0.717) is 29.4 Å². The van der Waals surface area contributed by atoms with Gasteiger partial charge in [0.1, 0.15) is 0 Å². The molecule has 1 saturated heterocycles. The third kappa shape index (κ3) is 5.13. The summed E-state index contributed by atoms with van der Waals surface area (Å²) in [6.45, 7) is 4.04. The number of nitrogens with zero attached hydrogens (tertiary/aromatic N) is 1. The van der Waals surface area contributed by atoms with Crippen LogP contribution in [0.15, 0.2) is 53.4 Å². The minimum Gasteiger partial charge on any atom is -0.336 e. The first-order valence-corrected chi connectivity index (χ1v) is 10.1. The van der Waals surface area contributed by atoms with Crippen LogP contribution in [-0.4, -0.2) is 44.9 Å². The monoisotopic (exact) mass is 429 g/mol. The molecule has 0 aliphatic carbocycles. The van der Waals surface area contributed by atoms with Gasteiger partial charge >= 0.3 is 0 Å². The van der Waals surface area contributed by atoms with Gasteiger partial charge in [-0.1, -0.05) is 23.7 Å². The normalized spacial score (nSPS) is 17.1. The summed E-state index contributed by atoms with van der Waals surface area (Å²) >= 11 is 6.00. The van der Waals surface area contributed by atoms with Crippen LogP contribution >= 0.6 is 24.0 Å². The molecule has 1 atom stereocenters. The minimum absolute atomic E-state index is 0. The van der Waals surface area contributed by atoms with E-state index < -0.39 is 10.0 Å². The number of amides is 1. The average molecular weight is 430 g/mol. The SMILES string of the molecule is CC1CN(C(=O)c2ccc(S(=O)(=O)Nc3ccccc3Cl)cc2)CCN1.Cl. The number of anilines is 1. The molecule has 1 aliphatic rings. The third-order valence-corrected chi connectivity index (χ3v) is 5.90. The summed E-state index contributed by atoms with van der Waals surface area (Å²) in [6.07, 6.45) is 0. The number of benzene rings is 2. The van der Waals surface area contributed by atoms with Crippen molar-refractivity contribution in [3.8, 4) is 0 Å². The van der Waals surface area contributed by atoms with Gasteiger partial charge in [-0.2, -0.15) is 0 Å². The average Bonchev–Trinajstić information content (AvgIpc) is 2.63. The van der Waals surface area contributed by atoms with Crippen molar-refractivity contribution in [1.82, 2.24) is 10.2 Å². The summed E-state index contributed by atoms with van der Waals surface area (Å²) in [7, 11) is -3.78. The molecule has 1 aliphatic heterocycles. The van der Waals surface area contributed by atoms with Gasteiger partial charge in [0, 0.05) is 31.2 Å². The maximum Gasteiger partial charge on any atom is 0.261 e. The smallest absolute Gasteiger partial charge is 0.261 e. The van der Waals surface area contributed by atoms with Crippen molar-refractivity contribution in [3.63, 3.8) is 0 Å². The third-order valence-electron chi connectivity index (χ3n) is 4.19. The number of rotatable bonds is 4. The van der Waals surface area contributed by atoms with E-state index in [9.17, 15) is 13.2 Å². The number of carbonyl (C=O) groups is 1. The van der Waals surface area contributed by atoms with Crippen LogP contribution in [0, 0.1) is 0 Å². The summed E-state index contributed by atoms with van der Waals surface area (Å²) in [5.41, 5.74) is 0.778. The van der Waals surface area contributed by atoms with Gasteiger partial charge in [-0.25, -0.2) is 8.42 Å². The van der Waals surface area contributed by atoms with E-state index in [4.69, 9.17) is 11.6 Å². The molecule has 1 heterocycles. The zero-order chi connectivity index (χ0) is 18.7. The topological polar surface area (TPSA) is 78.5 Å². The van der Waals surface area contributed by atoms with E-state index in [2.05, 4.69) is 10.0 Å². The number of nitrogens with one attached hydrogen (secondary N) is 2. The van der Waals surface area contributed by atoms with Gasteiger partial charge < -0.3 is 10.2 Å². The molecule has 0 radical (unpaired) electrons. The van der Waals surface area contributed by atoms with E-state index in [1.165, 1.54) is 24.3 Å². The Bertz CT molecular complexity index is 904. The maximum atomic E-state index is 12.6. The van der Waals surface area contributed by atoms with Crippen LogP contribution in [0.25, 0.3) is 0 Å². The number of hydrogen-bond acceptors (Lipinski definition) is 4. The lowest BCUT2D eigenvalue weighted by molar-refractivity contribution is 0.0709. The number of piperazine rings is 1. The first-order chi connectivity index (χ1) is 12.4. The summed E-state index contributed by atoms with van der Waals surface area (Å²) in [4.78, 5) is 14.4. The van der Waals surface area contributed by atoms with Crippen molar-refractivity contribution in [2.24, 2.45) is 0 Å². The standard InChI is InChI=1S/C18H20ClN3O3S.ClH/c1-13-12-22(11-10-20-13)18(23)14-6-8-15(9-7-14)26(24,25)21-17-5-3-2-4-16(17)19;/h2-9,13,20-21H,10-12H2,1H3;1H. The van der Waals surface area contributed by atoms with Crippen LogP contribution in [0.5, 0.6) is 0 Å². The Balaban J connectivity index is 0.00000261. The lowest BCUT2D eigenvalue weighted by Gasteiger charge is -2.32. The summed E-state index contributed by atoms with van der Waals surface area (Å²) < 4.78 is 27.5. The van der Waals surface area contributed by atoms with Crippen LogP contribution in [0.2, 0.25) is 5.02 Å². The molecule has 1 fully saturated rings. The maximum absolute atomic E-state index is 12.6. The molecular weight excluding hydrogens is 409 g/mol. The highest BCUT2D eigenvalue weighted by Crippen LogP contribution is 2.24. The number of sulfonamides is 1. The lowest BCUT2D eigenvalue weighted by atomic mass is 10.1. The highest BCUT2D eigenvalue weighted by atomic mass is 35.5. The summed E-state index contributed by atoms with van der Waals surface area (Å²) in [5.74, 6) is -0.0960. The Morgan fingerprint density at radius 3 is 2.48 bits per heavy atom. The van der Waals surface area contributed by atoms with E-state index >= 15 is 0 Å². The number of para-hydroxylation sites is 1. The highest BCUT2D eigenvalue weighted by molar-refractivity contribution is 7.92. The van der Waals surface area contributed by atoms with E-state index in [0.717, 1.165) is 6.54 Å². The fourth-order valence-electron chi connectivity index (χ4n) is 2.82. The molecule has 0 spiro atoms. The quantitative estimate of drug-likeness (QED) is 0.782. The van der Waals surface area contributed by atoms with Gasteiger partial charge in [0.2, 0.25) is 0 Å². The fraction of sp³-hybridized carbons (Fsp3) is 0.278. The Morgan fingerprint density at radius 2 is 1.85 bits per heavy atom. The fourth-order valence-corrected chi connectivity index (χ4v) is 4.14. The second-order valence-electron chi connectivity index (χ2n) is 6.22. The van der Waals surface area contributed by atoms with Gasteiger partial charge in [0.25, 0.3) is 15.9 Å². The number of carbonyl (C=O) groups excluding carboxylic acids is 1. The number of hydrogen-bond donors (Lipinski definition) is 2. The van der Waals surface area contributed by atoms with Crippen molar-refractivity contribution >= 4 is 45.6 Å². The van der Waals surface area contributed by atoms with Crippen molar-refractivity contribution in [2.75, 3.05) is 24.4 Å². The van der Waals surface area contributed by atoms with Crippen LogP contribution in [0.3, 0.4) is 0 Å². The second-order valence-corrected chi connectivity index (χ2v) is 8.31. The van der Waals surface area contributed by atoms with Gasteiger partial charge in [-0.15, -0.1) is 12.4 Å². The van der Waals surface area contributed by atoms with Crippen LogP contribution in [0.4, 0.5) is 5.69 Å². The zero-order valence-corrected chi connectivity index (χ0v) is 17.1. The highest BCUT2D eigenvalue weighted by Gasteiger charge is 2.22. The molecule has 2 aromatic rings. The second kappa shape index (κ2) is 8.93. The van der Waals surface area contributed by atoms with Gasteiger partial charge in [-0.05, 0) is 43.3 Å². The molecule has 6 nitrogen and oxygen atoms in total. The predicted molar refractivity (Wildman–Crippen MR) is 109 cm³/mol. The molecule has 146 valence electrons. The van der Waals surface area contributed by atoms with Crippen LogP contribution < -0.4 is 10.0 Å². The molecule has 27 heavy (non-hydrogen) atoms. The first-order valence-electron chi connectivity index (χ1n) is 8.27. The van der Waals surface area contributed by atoms with E-state index in [1.807, 2.05) is 6.92 Å². The molecule has 0 saturated carbocycles. The Hall–Kier alpha value is -1.80. The largest absolute Gasteiger partial charge is 0.336 e. The van der Waals surface area contributed by atoms with Crippen LogP contribution in [-0.2, 0) is 10.0 Å². The Kier molecular flexibility index (Phi) is 7.11. The van der Waals surface area contributed by atoms with Crippen molar-refractivity contribution < 1.29 is 13.2 Å². The van der Waals surface area contributed by atoms with Gasteiger partial charge in [0.05, 0.1) is 15.6 Å². The van der Waals surface area contributed by atoms with Crippen molar-refractivity contribution in [1.29, 1.82) is 0 Å². The van der Waals surface area contributed by atoms with E-state index in [-0.39, 0.29) is 29.3 Å². The molecule has 3 rings (SSSR count). The summed E-state index contributed by atoms with van der Waals surface area (Å²) in [6, 6.07) is 12.8. The Morgan fingerprint density at radius 1 is 1.19 bits per heavy atom. The van der Waals surface area contributed by atoms with Crippen molar-refractivity contribution in [2.45, 2.75) is 17.9 Å². The molecule has 1 amide bonds. The molecule has 1 unspecified atom stereocenters. The van der Waals surface area contributed by atoms with Crippen LogP contribution in [0.1, 0.15) is 17.3 Å².